The summed E-state index contributed by atoms with van der Waals surface area (Å²) >= 11 is 0. The third kappa shape index (κ3) is 4.10. The number of benzene rings is 2. The van der Waals surface area contributed by atoms with E-state index >= 15 is 0 Å². The Morgan fingerprint density at radius 1 is 1.24 bits per heavy atom. The third-order valence-corrected chi connectivity index (χ3v) is 5.02. The van der Waals surface area contributed by atoms with Crippen molar-refractivity contribution in [3.05, 3.63) is 64.5 Å². The van der Waals surface area contributed by atoms with E-state index in [-0.39, 0.29) is 16.3 Å². The molecule has 2 aromatic carbocycles. The van der Waals surface area contributed by atoms with E-state index in [2.05, 4.69) is 4.74 Å². The molecule has 0 fully saturated rings. The fourth-order valence-electron chi connectivity index (χ4n) is 2.00. The minimum absolute atomic E-state index is 0.0799. The first kappa shape index (κ1) is 18.3. The van der Waals surface area contributed by atoms with Crippen LogP contribution in [0.1, 0.15) is 0 Å². The Morgan fingerprint density at radius 3 is 2.40 bits per heavy atom. The van der Waals surface area contributed by atoms with Gasteiger partial charge in [-0.2, -0.15) is 0 Å². The van der Waals surface area contributed by atoms with Crippen LogP contribution in [0, 0.1) is 15.9 Å². The van der Waals surface area contributed by atoms with Crippen LogP contribution in [0.4, 0.5) is 15.8 Å². The minimum Gasteiger partial charge on any atom is -0.468 e. The lowest BCUT2D eigenvalue weighted by Crippen LogP contribution is -2.36. The maximum absolute atomic E-state index is 13.5. The Balaban J connectivity index is 2.50. The lowest BCUT2D eigenvalue weighted by atomic mass is 10.3. The van der Waals surface area contributed by atoms with Crippen LogP contribution >= 0.6 is 0 Å². The second-order valence-electron chi connectivity index (χ2n) is 4.82. The van der Waals surface area contributed by atoms with Crippen LogP contribution in [0.3, 0.4) is 0 Å². The number of methoxy groups -OCH3 is 1. The van der Waals surface area contributed by atoms with Gasteiger partial charge in [0.15, 0.2) is 0 Å². The average molecular weight is 368 g/mol. The first-order valence-corrected chi connectivity index (χ1v) is 8.29. The number of anilines is 1. The molecule has 0 radical (unpaired) electrons. The summed E-state index contributed by atoms with van der Waals surface area (Å²) in [6, 6.07) is 8.80. The molecule has 2 rings (SSSR count). The highest BCUT2D eigenvalue weighted by Gasteiger charge is 2.28. The summed E-state index contributed by atoms with van der Waals surface area (Å²) in [6.45, 7) is -0.681. The summed E-state index contributed by atoms with van der Waals surface area (Å²) in [5.74, 6) is -1.54. The largest absolute Gasteiger partial charge is 0.468 e. The molecule has 0 aliphatic rings. The van der Waals surface area contributed by atoms with E-state index in [1.807, 2.05) is 0 Å². The Labute approximate surface area is 142 Å². The smallest absolute Gasteiger partial charge is 0.326 e. The predicted octanol–water partition coefficient (Wildman–Crippen LogP) is 2.10. The monoisotopic (exact) mass is 368 g/mol. The van der Waals surface area contributed by atoms with Crippen molar-refractivity contribution in [1.29, 1.82) is 0 Å². The summed E-state index contributed by atoms with van der Waals surface area (Å²) in [5.41, 5.74) is -0.368. The standard InChI is InChI=1S/C15H13FN2O6S/c1-24-15(19)10-17(13-4-2-3-11(16)9-13)25(22,23)14-7-5-12(6-8-14)18(20)21/h2-9H,10H2,1H3. The van der Waals surface area contributed by atoms with E-state index in [1.165, 1.54) is 12.1 Å². The molecule has 132 valence electrons. The quantitative estimate of drug-likeness (QED) is 0.439. The summed E-state index contributed by atoms with van der Waals surface area (Å²) in [7, 11) is -3.19. The number of nitro benzene ring substituents is 1. The summed E-state index contributed by atoms with van der Waals surface area (Å²) in [4.78, 5) is 21.3. The Hall–Kier alpha value is -3.01. The fourth-order valence-corrected chi connectivity index (χ4v) is 3.40. The number of rotatable bonds is 6. The van der Waals surface area contributed by atoms with Crippen molar-refractivity contribution < 1.29 is 27.3 Å². The van der Waals surface area contributed by atoms with Crippen molar-refractivity contribution in [3.63, 3.8) is 0 Å². The number of ether oxygens (including phenoxy) is 1. The summed E-state index contributed by atoms with van der Waals surface area (Å²) in [6.07, 6.45) is 0. The molecule has 0 amide bonds. The van der Waals surface area contributed by atoms with Gasteiger partial charge in [-0.1, -0.05) is 6.07 Å². The van der Waals surface area contributed by atoms with Crippen LogP contribution in [0.2, 0.25) is 0 Å². The predicted molar refractivity (Wildman–Crippen MR) is 86.0 cm³/mol. The van der Waals surface area contributed by atoms with Crippen LogP contribution in [-0.2, 0) is 19.6 Å². The number of non-ortho nitro benzene ring substituents is 1. The molecule has 0 saturated heterocycles. The van der Waals surface area contributed by atoms with Crippen molar-refractivity contribution in [2.45, 2.75) is 4.90 Å². The third-order valence-electron chi connectivity index (χ3n) is 3.23. The first-order chi connectivity index (χ1) is 11.8. The van der Waals surface area contributed by atoms with Crippen molar-refractivity contribution in [2.75, 3.05) is 18.0 Å². The van der Waals surface area contributed by atoms with Crippen molar-refractivity contribution in [3.8, 4) is 0 Å². The van der Waals surface area contributed by atoms with Crippen LogP contribution < -0.4 is 4.31 Å². The van der Waals surface area contributed by atoms with Gasteiger partial charge in [0, 0.05) is 12.1 Å². The number of carbonyl (C=O) groups is 1. The van der Waals surface area contributed by atoms with Gasteiger partial charge in [0.25, 0.3) is 15.7 Å². The molecule has 0 spiro atoms. The second kappa shape index (κ2) is 7.26. The van der Waals surface area contributed by atoms with Gasteiger partial charge < -0.3 is 4.74 Å². The molecule has 2 aromatic rings. The van der Waals surface area contributed by atoms with E-state index < -0.39 is 33.3 Å². The zero-order valence-electron chi connectivity index (χ0n) is 13.0. The van der Waals surface area contributed by atoms with E-state index in [0.29, 0.717) is 4.31 Å². The molecule has 0 bridgehead atoms. The second-order valence-corrected chi connectivity index (χ2v) is 6.68. The number of hydrogen-bond donors (Lipinski definition) is 0. The SMILES string of the molecule is COC(=O)CN(c1cccc(F)c1)S(=O)(=O)c1ccc([N+](=O)[O-])cc1. The van der Waals surface area contributed by atoms with Gasteiger partial charge in [0.05, 0.1) is 22.6 Å². The maximum atomic E-state index is 13.5. The van der Waals surface area contributed by atoms with Gasteiger partial charge in [-0.3, -0.25) is 19.2 Å². The minimum atomic E-state index is -4.28. The van der Waals surface area contributed by atoms with Crippen LogP contribution in [0.5, 0.6) is 0 Å². The molecular formula is C15H13FN2O6S. The number of nitrogens with zero attached hydrogens (tertiary/aromatic N) is 2. The molecule has 0 heterocycles. The van der Waals surface area contributed by atoms with Crippen LogP contribution in [-0.4, -0.2) is 33.0 Å². The average Bonchev–Trinajstić information content (AvgIpc) is 2.59. The number of halogens is 1. The molecule has 0 aliphatic heterocycles. The highest BCUT2D eigenvalue weighted by Crippen LogP contribution is 2.25. The van der Waals surface area contributed by atoms with E-state index in [0.717, 1.165) is 43.5 Å². The molecule has 10 heteroatoms. The molecule has 0 saturated carbocycles. The lowest BCUT2D eigenvalue weighted by Gasteiger charge is -2.23. The zero-order chi connectivity index (χ0) is 18.6. The van der Waals surface area contributed by atoms with E-state index in [4.69, 9.17) is 0 Å². The van der Waals surface area contributed by atoms with Gasteiger partial charge in [-0.15, -0.1) is 0 Å². The Bertz CT molecular complexity index is 898. The molecule has 0 unspecified atom stereocenters. The molecular weight excluding hydrogens is 355 g/mol. The van der Waals surface area contributed by atoms with Gasteiger partial charge in [-0.25, -0.2) is 12.8 Å². The number of carbonyl (C=O) groups excluding carboxylic acids is 1. The molecule has 0 N–H and O–H groups in total. The zero-order valence-corrected chi connectivity index (χ0v) is 13.8. The lowest BCUT2D eigenvalue weighted by molar-refractivity contribution is -0.384. The Kier molecular flexibility index (Phi) is 5.32. The van der Waals surface area contributed by atoms with Crippen molar-refractivity contribution in [1.82, 2.24) is 0 Å². The number of nitro groups is 1. The van der Waals surface area contributed by atoms with Gasteiger partial charge in [-0.05, 0) is 30.3 Å². The Morgan fingerprint density at radius 2 is 1.88 bits per heavy atom. The van der Waals surface area contributed by atoms with Gasteiger partial charge in [0.2, 0.25) is 0 Å². The van der Waals surface area contributed by atoms with Crippen LogP contribution in [0.15, 0.2) is 53.4 Å². The molecule has 8 nitrogen and oxygen atoms in total. The summed E-state index contributed by atoms with van der Waals surface area (Å²) in [5, 5.41) is 10.7. The molecule has 0 atom stereocenters. The van der Waals surface area contributed by atoms with Crippen molar-refractivity contribution >= 4 is 27.4 Å². The fraction of sp³-hybridized carbons (Fsp3) is 0.133. The summed E-state index contributed by atoms with van der Waals surface area (Å²) < 4.78 is 44.2. The van der Waals surface area contributed by atoms with Gasteiger partial charge >= 0.3 is 5.97 Å². The van der Waals surface area contributed by atoms with Crippen molar-refractivity contribution in [2.24, 2.45) is 0 Å². The molecule has 25 heavy (non-hydrogen) atoms. The molecule has 0 aliphatic carbocycles. The maximum Gasteiger partial charge on any atom is 0.326 e. The number of sulfonamides is 1. The molecule has 0 aromatic heterocycles. The number of esters is 1. The first-order valence-electron chi connectivity index (χ1n) is 6.85. The highest BCUT2D eigenvalue weighted by atomic mass is 32.2. The normalized spacial score (nSPS) is 11.0. The van der Waals surface area contributed by atoms with Crippen LogP contribution in [0.25, 0.3) is 0 Å². The number of hydrogen-bond acceptors (Lipinski definition) is 6. The topological polar surface area (TPSA) is 107 Å². The van der Waals surface area contributed by atoms with E-state index in [9.17, 15) is 27.7 Å². The van der Waals surface area contributed by atoms with Gasteiger partial charge in [0.1, 0.15) is 12.4 Å². The van der Waals surface area contributed by atoms with E-state index in [1.54, 1.807) is 0 Å². The highest BCUT2D eigenvalue weighted by molar-refractivity contribution is 7.92.